The lowest BCUT2D eigenvalue weighted by molar-refractivity contribution is -0.385. The van der Waals surface area contributed by atoms with Gasteiger partial charge in [0.2, 0.25) is 0 Å². The molecule has 0 unspecified atom stereocenters. The largest absolute Gasteiger partial charge is 0.299 e. The first kappa shape index (κ1) is 14.3. The molecule has 0 spiro atoms. The molecule has 1 fully saturated rings. The molecule has 6 heteroatoms. The van der Waals surface area contributed by atoms with Gasteiger partial charge in [-0.2, -0.15) is 0 Å². The van der Waals surface area contributed by atoms with E-state index in [0.29, 0.717) is 24.8 Å². The molecule has 0 amide bonds. The van der Waals surface area contributed by atoms with E-state index in [9.17, 15) is 24.1 Å². The molecule has 20 heavy (non-hydrogen) atoms. The highest BCUT2D eigenvalue weighted by molar-refractivity contribution is 6.04. The van der Waals surface area contributed by atoms with Crippen LogP contribution in [0, 0.1) is 16.0 Å². The van der Waals surface area contributed by atoms with E-state index >= 15 is 0 Å². The molecule has 1 saturated carbocycles. The second-order valence-corrected chi connectivity index (χ2v) is 4.90. The molecule has 0 aliphatic heterocycles. The van der Waals surface area contributed by atoms with E-state index in [-0.39, 0.29) is 29.2 Å². The summed E-state index contributed by atoms with van der Waals surface area (Å²) >= 11 is 0. The normalized spacial score (nSPS) is 16.4. The third-order valence-corrected chi connectivity index (χ3v) is 3.55. The monoisotopic (exact) mass is 279 g/mol. The molecule has 0 aromatic heterocycles. The van der Waals surface area contributed by atoms with Crippen molar-refractivity contribution in [1.29, 1.82) is 0 Å². The molecule has 106 valence electrons. The summed E-state index contributed by atoms with van der Waals surface area (Å²) in [7, 11) is 0. The van der Waals surface area contributed by atoms with Gasteiger partial charge in [0.15, 0.2) is 0 Å². The lowest BCUT2D eigenvalue weighted by Crippen LogP contribution is -2.30. The summed E-state index contributed by atoms with van der Waals surface area (Å²) in [6.07, 6.45) is 1.26. The summed E-state index contributed by atoms with van der Waals surface area (Å²) in [6, 6.07) is 4.04. The van der Waals surface area contributed by atoms with E-state index in [2.05, 4.69) is 0 Å². The van der Waals surface area contributed by atoms with Gasteiger partial charge >= 0.3 is 0 Å². The van der Waals surface area contributed by atoms with Crippen molar-refractivity contribution in [2.75, 3.05) is 0 Å². The smallest absolute Gasteiger partial charge is 0.272 e. The number of halogens is 1. The molecule has 5 nitrogen and oxygen atoms in total. The molecule has 0 radical (unpaired) electrons. The van der Waals surface area contributed by atoms with Crippen molar-refractivity contribution >= 4 is 17.3 Å². The maximum absolute atomic E-state index is 12.6. The van der Waals surface area contributed by atoms with Crippen LogP contribution in [0.15, 0.2) is 18.2 Å². The van der Waals surface area contributed by atoms with Gasteiger partial charge in [-0.05, 0) is 18.4 Å². The number of alkyl halides is 1. The average Bonchev–Trinajstić information content (AvgIpc) is 2.43. The van der Waals surface area contributed by atoms with Crippen LogP contribution >= 0.6 is 0 Å². The number of Topliss-reactive ketones (excluding diaryl/α,β-unsaturated/α-hetero) is 2. The fourth-order valence-corrected chi connectivity index (χ4v) is 2.45. The number of carbonyl (C=O) groups excluding carboxylic acids is 2. The quantitative estimate of drug-likeness (QED) is 0.482. The van der Waals surface area contributed by atoms with Crippen molar-refractivity contribution in [3.05, 3.63) is 39.4 Å². The average molecular weight is 279 g/mol. The zero-order valence-corrected chi connectivity index (χ0v) is 10.8. The first-order valence-electron chi connectivity index (χ1n) is 6.40. The van der Waals surface area contributed by atoms with E-state index in [0.717, 1.165) is 6.07 Å². The Labute approximate surface area is 114 Å². The SMILES string of the molecule is O=C1CCCC(=O)C1Cc1ccc(CF)cc1[N+](=O)[O-]. The molecule has 1 aliphatic carbocycles. The van der Waals surface area contributed by atoms with Gasteiger partial charge in [0, 0.05) is 24.5 Å². The number of benzene rings is 1. The van der Waals surface area contributed by atoms with Crippen LogP contribution in [-0.2, 0) is 22.7 Å². The van der Waals surface area contributed by atoms with Crippen molar-refractivity contribution in [1.82, 2.24) is 0 Å². The van der Waals surface area contributed by atoms with Crippen LogP contribution in [0.4, 0.5) is 10.1 Å². The van der Waals surface area contributed by atoms with Crippen molar-refractivity contribution in [3.63, 3.8) is 0 Å². The summed E-state index contributed by atoms with van der Waals surface area (Å²) < 4.78 is 12.6. The second kappa shape index (κ2) is 5.90. The number of hydrogen-bond donors (Lipinski definition) is 0. The number of rotatable bonds is 4. The molecule has 0 atom stereocenters. The van der Waals surface area contributed by atoms with Crippen LogP contribution in [0.25, 0.3) is 0 Å². The zero-order chi connectivity index (χ0) is 14.7. The Hall–Kier alpha value is -2.11. The summed E-state index contributed by atoms with van der Waals surface area (Å²) in [5, 5.41) is 11.0. The number of hydrogen-bond acceptors (Lipinski definition) is 4. The molecule has 0 heterocycles. The predicted molar refractivity (Wildman–Crippen MR) is 69.0 cm³/mol. The zero-order valence-electron chi connectivity index (χ0n) is 10.8. The Kier molecular flexibility index (Phi) is 4.22. The second-order valence-electron chi connectivity index (χ2n) is 4.90. The maximum atomic E-state index is 12.6. The number of nitrogens with zero attached hydrogens (tertiary/aromatic N) is 1. The van der Waals surface area contributed by atoms with E-state index in [4.69, 9.17) is 0 Å². The number of nitro benzene ring substituents is 1. The van der Waals surface area contributed by atoms with Crippen LogP contribution in [0.3, 0.4) is 0 Å². The van der Waals surface area contributed by atoms with Crippen LogP contribution < -0.4 is 0 Å². The summed E-state index contributed by atoms with van der Waals surface area (Å²) in [5.41, 5.74) is 0.286. The lowest BCUT2D eigenvalue weighted by Gasteiger charge is -2.19. The Morgan fingerprint density at radius 1 is 1.25 bits per heavy atom. The van der Waals surface area contributed by atoms with Crippen LogP contribution in [0.2, 0.25) is 0 Å². The van der Waals surface area contributed by atoms with Gasteiger partial charge in [-0.25, -0.2) is 4.39 Å². The Morgan fingerprint density at radius 3 is 2.45 bits per heavy atom. The molecule has 0 saturated heterocycles. The van der Waals surface area contributed by atoms with Crippen molar-refractivity contribution < 1.29 is 18.9 Å². The van der Waals surface area contributed by atoms with Crippen molar-refractivity contribution in [2.24, 2.45) is 5.92 Å². The van der Waals surface area contributed by atoms with Crippen LogP contribution in [0.1, 0.15) is 30.4 Å². The first-order chi connectivity index (χ1) is 9.52. The highest BCUT2D eigenvalue weighted by atomic mass is 19.1. The highest BCUT2D eigenvalue weighted by Crippen LogP contribution is 2.27. The van der Waals surface area contributed by atoms with Gasteiger partial charge in [0.05, 0.1) is 10.8 Å². The minimum Gasteiger partial charge on any atom is -0.299 e. The minimum absolute atomic E-state index is 0.0283. The van der Waals surface area contributed by atoms with Gasteiger partial charge in [0.1, 0.15) is 18.2 Å². The molecule has 1 aliphatic rings. The first-order valence-corrected chi connectivity index (χ1v) is 6.40. The van der Waals surface area contributed by atoms with E-state index in [1.165, 1.54) is 12.1 Å². The molecule has 0 bridgehead atoms. The van der Waals surface area contributed by atoms with Gasteiger partial charge < -0.3 is 0 Å². The molecule has 2 rings (SSSR count). The van der Waals surface area contributed by atoms with Gasteiger partial charge in [-0.3, -0.25) is 19.7 Å². The number of carbonyl (C=O) groups is 2. The molecule has 1 aromatic carbocycles. The van der Waals surface area contributed by atoms with Gasteiger partial charge in [-0.1, -0.05) is 12.1 Å². The van der Waals surface area contributed by atoms with Crippen LogP contribution in [-0.4, -0.2) is 16.5 Å². The summed E-state index contributed by atoms with van der Waals surface area (Å²) in [6.45, 7) is -0.789. The predicted octanol–water partition coefficient (Wildman–Crippen LogP) is 2.55. The third-order valence-electron chi connectivity index (χ3n) is 3.55. The lowest BCUT2D eigenvalue weighted by atomic mass is 9.82. The van der Waals surface area contributed by atoms with Crippen LogP contribution in [0.5, 0.6) is 0 Å². The Morgan fingerprint density at radius 2 is 1.90 bits per heavy atom. The van der Waals surface area contributed by atoms with E-state index in [1.54, 1.807) is 0 Å². The minimum atomic E-state index is -0.793. The van der Waals surface area contributed by atoms with Crippen molar-refractivity contribution in [3.8, 4) is 0 Å². The standard InChI is InChI=1S/C14H14FNO4/c15-8-9-4-5-10(12(6-9)16(19)20)7-11-13(17)2-1-3-14(11)18/h4-6,11H,1-3,7-8H2. The fourth-order valence-electron chi connectivity index (χ4n) is 2.45. The highest BCUT2D eigenvalue weighted by Gasteiger charge is 2.31. The van der Waals surface area contributed by atoms with E-state index < -0.39 is 17.5 Å². The summed E-state index contributed by atoms with van der Waals surface area (Å²) in [4.78, 5) is 33.9. The summed E-state index contributed by atoms with van der Waals surface area (Å²) in [5.74, 6) is -1.12. The van der Waals surface area contributed by atoms with Gasteiger partial charge in [0.25, 0.3) is 5.69 Å². The topological polar surface area (TPSA) is 77.3 Å². The number of nitro groups is 1. The molecular weight excluding hydrogens is 265 g/mol. The molecular formula is C14H14FNO4. The number of ketones is 2. The van der Waals surface area contributed by atoms with Crippen molar-refractivity contribution in [2.45, 2.75) is 32.4 Å². The molecule has 0 N–H and O–H groups in total. The Balaban J connectivity index is 2.30. The molecule has 1 aromatic rings. The third kappa shape index (κ3) is 2.89. The van der Waals surface area contributed by atoms with E-state index in [1.807, 2.05) is 0 Å². The van der Waals surface area contributed by atoms with Gasteiger partial charge in [-0.15, -0.1) is 0 Å². The maximum Gasteiger partial charge on any atom is 0.272 e. The Bertz CT molecular complexity index is 554. The fraction of sp³-hybridized carbons (Fsp3) is 0.429.